The van der Waals surface area contributed by atoms with Crippen LogP contribution in [0.2, 0.25) is 0 Å². The van der Waals surface area contributed by atoms with E-state index in [0.29, 0.717) is 87.0 Å². The van der Waals surface area contributed by atoms with E-state index < -0.39 is 0 Å². The average molecular weight is 1160 g/mol. The summed E-state index contributed by atoms with van der Waals surface area (Å²) < 4.78 is 27.0. The molecule has 2 spiro atoms. The molecular formula is C75H122N4O5. The number of fused-ring (bicyclic) bond motifs is 14. The van der Waals surface area contributed by atoms with Gasteiger partial charge in [0.15, 0.2) is 11.6 Å². The Morgan fingerprint density at radius 3 is 1.32 bits per heavy atom. The molecule has 0 aromatic carbocycles. The fourth-order valence-corrected chi connectivity index (χ4v) is 29.6. The van der Waals surface area contributed by atoms with E-state index in [9.17, 15) is 4.79 Å². The first kappa shape index (κ1) is 58.1. The number of amides is 2. The summed E-state index contributed by atoms with van der Waals surface area (Å²) in [5.74, 6) is 15.7. The fraction of sp³-hybridized carbons (Fsp3) is 0.987. The SMILES string of the molecule is C[C@H]1CC[C@@]2(OC1)O[C@H]1C[C@H]3[C@@H]4CC[C@@H]5C[C@H](N)CC[C@]5(C)[C@H]4CC[C@]3(C)[C@H]1[C@@H]2C.C[C@H]1CC[C@@]2(OC1)O[C@H]1C[C@H]3[C@@H]4CC[C@@H]5C[C@H](NC(=O)NC67CC8CC(CC(C8)C6)C7)CC[C@]5(C)[C@H]4CC[C@]3(C)[C@H]1[C@@H]2C.NC12CC3CC(CC(C3)C1)C2. The number of carbonyl (C=O) groups excluding carboxylic acids is 1. The van der Waals surface area contributed by atoms with E-state index in [1.807, 2.05) is 0 Å². The lowest BCUT2D eigenvalue weighted by molar-refractivity contribution is -0.273. The number of urea groups is 1. The van der Waals surface area contributed by atoms with Crippen molar-refractivity contribution in [1.82, 2.24) is 10.6 Å². The molecule has 9 nitrogen and oxygen atoms in total. The van der Waals surface area contributed by atoms with Crippen LogP contribution in [0.25, 0.3) is 0 Å². The second-order valence-corrected chi connectivity index (χ2v) is 37.4. The minimum absolute atomic E-state index is 0.108. The monoisotopic (exact) mass is 1160 g/mol. The summed E-state index contributed by atoms with van der Waals surface area (Å²) in [5.41, 5.74) is 15.0. The number of carbonyl (C=O) groups is 1. The van der Waals surface area contributed by atoms with Crippen molar-refractivity contribution >= 4 is 6.03 Å². The average Bonchev–Trinajstić information content (AvgIpc) is 1.63. The second-order valence-electron chi connectivity index (χ2n) is 37.4. The van der Waals surface area contributed by atoms with Gasteiger partial charge in [-0.3, -0.25) is 0 Å². The molecule has 16 saturated carbocycles. The Balaban J connectivity index is 0.000000121. The summed E-state index contributed by atoms with van der Waals surface area (Å²) in [6.07, 6.45) is 43.5. The van der Waals surface area contributed by atoms with Crippen molar-refractivity contribution in [2.24, 2.45) is 151 Å². The van der Waals surface area contributed by atoms with Crippen LogP contribution in [0.1, 0.15) is 261 Å². The molecule has 16 aliphatic carbocycles. The first-order valence-electron chi connectivity index (χ1n) is 37.3. The molecule has 6 N–H and O–H groups in total. The third-order valence-electron chi connectivity index (χ3n) is 32.7. The Morgan fingerprint density at radius 2 is 0.881 bits per heavy atom. The number of nitrogens with one attached hydrogen (secondary N) is 2. The Hall–Kier alpha value is -0.970. The Bertz CT molecular complexity index is 2400. The number of hydrogen-bond donors (Lipinski definition) is 4. The number of nitrogens with two attached hydrogens (primary N) is 2. The summed E-state index contributed by atoms with van der Waals surface area (Å²) in [5, 5.41) is 7.15. The molecule has 8 bridgehead atoms. The summed E-state index contributed by atoms with van der Waals surface area (Å²) in [4.78, 5) is 13.4. The van der Waals surface area contributed by atoms with Crippen LogP contribution in [0, 0.1) is 140 Å². The molecule has 84 heavy (non-hydrogen) atoms. The highest BCUT2D eigenvalue weighted by Crippen LogP contribution is 2.74. The summed E-state index contributed by atoms with van der Waals surface area (Å²) in [6, 6.07) is 0.966. The van der Waals surface area contributed by atoms with E-state index in [1.165, 1.54) is 186 Å². The molecule has 0 radical (unpaired) electrons. The van der Waals surface area contributed by atoms with Gasteiger partial charge in [0.25, 0.3) is 0 Å². The van der Waals surface area contributed by atoms with E-state index in [2.05, 4.69) is 66.0 Å². The van der Waals surface area contributed by atoms with Crippen LogP contribution in [0.5, 0.6) is 0 Å². The quantitative estimate of drug-likeness (QED) is 0.217. The highest BCUT2D eigenvalue weighted by atomic mass is 16.7. The van der Waals surface area contributed by atoms with Gasteiger partial charge in [-0.2, -0.15) is 0 Å². The highest BCUT2D eigenvalue weighted by Gasteiger charge is 2.71. The predicted octanol–water partition coefficient (Wildman–Crippen LogP) is 15.7. The third-order valence-corrected chi connectivity index (χ3v) is 32.7. The molecule has 0 aromatic rings. The van der Waals surface area contributed by atoms with E-state index in [1.54, 1.807) is 0 Å². The van der Waals surface area contributed by atoms with Crippen LogP contribution in [0.15, 0.2) is 0 Å². The van der Waals surface area contributed by atoms with E-state index in [-0.39, 0.29) is 23.1 Å². The normalized spacial score (nSPS) is 60.8. The predicted molar refractivity (Wildman–Crippen MR) is 333 cm³/mol. The molecule has 0 aromatic heterocycles. The molecule has 4 heterocycles. The standard InChI is InChI=1S/C38H60N2O3.C27H45NO2.C10H17N/c1-22-7-12-38(42-21-22)23(2)33-32(43-38)17-31-29-6-5-27-16-28(8-10-35(27,3)30(29)9-11-36(31,33)4)39-34(41)40-37-18-24-13-25(19-37)15-26(14-24)20-37;1-16-7-12-27(29-15-16)17(2)24-23(30-27)14-22-20-6-5-18-13-19(28)8-10-25(18,3)21(20)9-11-26(22,24)4;11-10-4-7-1-8(5-10)3-9(2-7)6-10/h22-33H,5-21H2,1-4H3,(H2,39,40,41);16-24H,5-15,28H2,1-4H3;7-9H,1-6,11H2/t22-,23-,24?,25?,26?,27+,28+,29+,30-,31-,32-,33-,35-,36-,37?,38+;16-,17-,18+,19+,20+,21-,22-,23-,24-,25-,26-,27+;/m00./s1. The maximum absolute atomic E-state index is 13.4. The van der Waals surface area contributed by atoms with Crippen molar-refractivity contribution in [2.75, 3.05) is 13.2 Å². The lowest BCUT2D eigenvalue weighted by Crippen LogP contribution is -2.62. The maximum Gasteiger partial charge on any atom is 0.315 e. The van der Waals surface area contributed by atoms with Gasteiger partial charge in [-0.15, -0.1) is 0 Å². The smallest absolute Gasteiger partial charge is 0.315 e. The molecule has 4 saturated heterocycles. The minimum atomic E-state index is -0.302. The zero-order valence-corrected chi connectivity index (χ0v) is 54.6. The number of ether oxygens (including phenoxy) is 4. The molecular weight excluding hydrogens is 1040 g/mol. The van der Waals surface area contributed by atoms with Gasteiger partial charge in [-0.25, -0.2) is 4.79 Å². The first-order chi connectivity index (χ1) is 40.1. The topological polar surface area (TPSA) is 130 Å². The second kappa shape index (κ2) is 20.5. The van der Waals surface area contributed by atoms with Crippen LogP contribution in [0.4, 0.5) is 4.79 Å². The van der Waals surface area contributed by atoms with Crippen molar-refractivity contribution < 1.29 is 23.7 Å². The molecule has 20 rings (SSSR count). The van der Waals surface area contributed by atoms with Gasteiger partial charge in [0.1, 0.15) is 0 Å². The van der Waals surface area contributed by atoms with Crippen LogP contribution in [-0.2, 0) is 18.9 Å². The third kappa shape index (κ3) is 9.16. The largest absolute Gasteiger partial charge is 0.349 e. The summed E-state index contributed by atoms with van der Waals surface area (Å²) >= 11 is 0. The van der Waals surface area contributed by atoms with Gasteiger partial charge in [-0.05, 0) is 321 Å². The van der Waals surface area contributed by atoms with Gasteiger partial charge >= 0.3 is 6.03 Å². The Kier molecular flexibility index (Phi) is 14.2. The van der Waals surface area contributed by atoms with Crippen LogP contribution >= 0.6 is 0 Å². The van der Waals surface area contributed by atoms with Gasteiger partial charge in [0, 0.05) is 47.8 Å². The van der Waals surface area contributed by atoms with Crippen molar-refractivity contribution in [3.05, 3.63) is 0 Å². The number of rotatable bonds is 2. The van der Waals surface area contributed by atoms with Crippen molar-refractivity contribution in [3.63, 3.8) is 0 Å². The van der Waals surface area contributed by atoms with Gasteiger partial charge in [0.05, 0.1) is 25.4 Å². The van der Waals surface area contributed by atoms with E-state index >= 15 is 0 Å². The van der Waals surface area contributed by atoms with Crippen LogP contribution in [0.3, 0.4) is 0 Å². The summed E-state index contributed by atoms with van der Waals surface area (Å²) in [6.45, 7) is 22.0. The van der Waals surface area contributed by atoms with Crippen molar-refractivity contribution in [2.45, 2.75) is 308 Å². The van der Waals surface area contributed by atoms with E-state index in [0.717, 1.165) is 115 Å². The highest BCUT2D eigenvalue weighted by molar-refractivity contribution is 5.75. The van der Waals surface area contributed by atoms with E-state index in [4.69, 9.17) is 30.4 Å². The molecule has 20 aliphatic rings. The summed E-state index contributed by atoms with van der Waals surface area (Å²) in [7, 11) is 0. The zero-order valence-electron chi connectivity index (χ0n) is 54.6. The lowest BCUT2D eigenvalue weighted by atomic mass is 9.44. The molecule has 472 valence electrons. The molecule has 4 aliphatic heterocycles. The van der Waals surface area contributed by atoms with Crippen LogP contribution in [-0.4, -0.2) is 66.2 Å². The molecule has 20 fully saturated rings. The van der Waals surface area contributed by atoms with Gasteiger partial charge in [0.2, 0.25) is 0 Å². The number of hydrogen-bond acceptors (Lipinski definition) is 7. The lowest BCUT2D eigenvalue weighted by Gasteiger charge is -2.61. The molecule has 24 atom stereocenters. The fourth-order valence-electron chi connectivity index (χ4n) is 29.6. The molecule has 0 unspecified atom stereocenters. The van der Waals surface area contributed by atoms with Gasteiger partial charge in [-0.1, -0.05) is 55.4 Å². The van der Waals surface area contributed by atoms with Crippen molar-refractivity contribution in [3.8, 4) is 0 Å². The van der Waals surface area contributed by atoms with Crippen molar-refractivity contribution in [1.29, 1.82) is 0 Å². The van der Waals surface area contributed by atoms with Gasteiger partial charge < -0.3 is 41.0 Å². The first-order valence-corrected chi connectivity index (χ1v) is 37.3. The molecule has 2 amide bonds. The minimum Gasteiger partial charge on any atom is -0.349 e. The molecule has 9 heteroatoms. The Morgan fingerprint density at radius 1 is 0.452 bits per heavy atom. The zero-order chi connectivity index (χ0) is 57.7. The maximum atomic E-state index is 13.4. The Labute approximate surface area is 510 Å². The van der Waals surface area contributed by atoms with Crippen LogP contribution < -0.4 is 22.1 Å².